The topological polar surface area (TPSA) is 150 Å². The van der Waals surface area contributed by atoms with Crippen molar-refractivity contribution in [1.82, 2.24) is 5.32 Å². The van der Waals surface area contributed by atoms with Crippen LogP contribution in [0.25, 0.3) is 0 Å². The zero-order valence-corrected chi connectivity index (χ0v) is 13.0. The number of aliphatic hydroxyl groups excluding tert-OH is 1. The average molecular weight is 337 g/mol. The number of nitrogens with one attached hydrogen (secondary N) is 1. The third-order valence-electron chi connectivity index (χ3n) is 4.65. The second-order valence-corrected chi connectivity index (χ2v) is 6.27. The van der Waals surface area contributed by atoms with Gasteiger partial charge in [0.05, 0.1) is 18.1 Å². The van der Waals surface area contributed by atoms with Crippen LogP contribution in [0.4, 0.5) is 0 Å². The predicted molar refractivity (Wildman–Crippen MR) is 77.3 cm³/mol. The van der Waals surface area contributed by atoms with Gasteiger partial charge >= 0.3 is 11.9 Å². The monoisotopic (exact) mass is 336 g/mol. The number of carboxylic acid groups (broad SMARTS) is 2. The Kier molecular flexibility index (Phi) is 5.11. The van der Waals surface area contributed by atoms with Crippen molar-refractivity contribution in [1.29, 1.82) is 0 Å². The van der Waals surface area contributed by atoms with E-state index in [1.165, 1.54) is 0 Å². The molecule has 1 amide bonds. The molecule has 0 heterocycles. The lowest BCUT2D eigenvalue weighted by molar-refractivity contribution is -0.151. The van der Waals surface area contributed by atoms with Gasteiger partial charge in [0.1, 0.15) is 5.54 Å². The van der Waals surface area contributed by atoms with Crippen molar-refractivity contribution in [3.05, 3.63) is 0 Å². The van der Waals surface area contributed by atoms with Crippen LogP contribution >= 0.6 is 12.4 Å². The van der Waals surface area contributed by atoms with Crippen molar-refractivity contribution in [2.45, 2.75) is 38.0 Å². The van der Waals surface area contributed by atoms with E-state index in [-0.39, 0.29) is 24.7 Å². The molecular formula is C13H21ClN2O6. The molecule has 6 atom stereocenters. The molecule has 2 saturated carbocycles. The van der Waals surface area contributed by atoms with Crippen LogP contribution in [-0.2, 0) is 14.4 Å². The van der Waals surface area contributed by atoms with Crippen molar-refractivity contribution >= 4 is 30.3 Å². The maximum atomic E-state index is 12.1. The second kappa shape index (κ2) is 6.02. The summed E-state index contributed by atoms with van der Waals surface area (Å²) in [7, 11) is 0. The Morgan fingerprint density at radius 1 is 1.27 bits per heavy atom. The molecule has 0 aromatic rings. The highest BCUT2D eigenvalue weighted by molar-refractivity contribution is 5.92. The fourth-order valence-corrected chi connectivity index (χ4v) is 3.39. The number of hydrogen-bond acceptors (Lipinski definition) is 5. The smallest absolute Gasteiger partial charge is 0.329 e. The van der Waals surface area contributed by atoms with E-state index in [1.54, 1.807) is 13.8 Å². The highest BCUT2D eigenvalue weighted by atomic mass is 35.5. The summed E-state index contributed by atoms with van der Waals surface area (Å²) in [4.78, 5) is 34.8. The predicted octanol–water partition coefficient (Wildman–Crippen LogP) is -0.957. The van der Waals surface area contributed by atoms with Crippen molar-refractivity contribution in [3.63, 3.8) is 0 Å². The molecule has 0 radical (unpaired) electrons. The molecule has 0 bridgehead atoms. The first-order valence-electron chi connectivity index (χ1n) is 6.85. The van der Waals surface area contributed by atoms with Gasteiger partial charge in [-0.05, 0) is 5.92 Å². The standard InChI is InChI=1S/C13H20N2O6.ClH/c1-4(2)9(14)10(17)15-13(12(20)21)3-5(16)6-7(8(6)13)11(18)19;/h4-9,16H,3,14H2,1-2H3,(H,15,17)(H,18,19)(H,20,21);1H/t5-,6-,7-,8-,9-,13-;/m0./s1. The minimum Gasteiger partial charge on any atom is -0.481 e. The van der Waals surface area contributed by atoms with Crippen LogP contribution in [0.3, 0.4) is 0 Å². The summed E-state index contributed by atoms with van der Waals surface area (Å²) < 4.78 is 0. The lowest BCUT2D eigenvalue weighted by Gasteiger charge is -2.31. The number of aliphatic hydroxyl groups is 1. The minimum atomic E-state index is -1.75. The number of aliphatic carboxylic acids is 2. The number of rotatable bonds is 5. The summed E-state index contributed by atoms with van der Waals surface area (Å²) in [6, 6.07) is -0.889. The third-order valence-corrected chi connectivity index (χ3v) is 4.65. The summed E-state index contributed by atoms with van der Waals surface area (Å²) >= 11 is 0. The van der Waals surface area contributed by atoms with Crippen LogP contribution in [0.1, 0.15) is 20.3 Å². The highest BCUT2D eigenvalue weighted by Gasteiger charge is 2.75. The Morgan fingerprint density at radius 2 is 1.82 bits per heavy atom. The van der Waals surface area contributed by atoms with Gasteiger partial charge in [-0.1, -0.05) is 13.8 Å². The summed E-state index contributed by atoms with van der Waals surface area (Å²) in [5.74, 6) is -5.69. The number of halogens is 1. The van der Waals surface area contributed by atoms with E-state index in [0.717, 1.165) is 0 Å². The van der Waals surface area contributed by atoms with Crippen LogP contribution in [0.5, 0.6) is 0 Å². The molecule has 0 aliphatic heterocycles. The molecule has 9 heteroatoms. The Bertz CT molecular complexity index is 499. The Hall–Kier alpha value is -1.38. The van der Waals surface area contributed by atoms with E-state index in [0.29, 0.717) is 0 Å². The van der Waals surface area contributed by atoms with Crippen LogP contribution < -0.4 is 11.1 Å². The first-order chi connectivity index (χ1) is 9.63. The average Bonchev–Trinajstić information content (AvgIpc) is 3.06. The number of nitrogens with two attached hydrogens (primary N) is 1. The fourth-order valence-electron chi connectivity index (χ4n) is 3.39. The third kappa shape index (κ3) is 2.66. The van der Waals surface area contributed by atoms with Crippen LogP contribution in [0, 0.1) is 23.7 Å². The van der Waals surface area contributed by atoms with Crippen molar-refractivity contribution < 1.29 is 29.7 Å². The van der Waals surface area contributed by atoms with E-state index in [1.807, 2.05) is 0 Å². The van der Waals surface area contributed by atoms with E-state index < -0.39 is 53.3 Å². The van der Waals surface area contributed by atoms with Gasteiger partial charge in [-0.15, -0.1) is 12.4 Å². The molecule has 6 N–H and O–H groups in total. The largest absolute Gasteiger partial charge is 0.481 e. The van der Waals surface area contributed by atoms with Gasteiger partial charge in [0, 0.05) is 18.3 Å². The molecule has 2 rings (SSSR count). The zero-order valence-electron chi connectivity index (χ0n) is 12.2. The summed E-state index contributed by atoms with van der Waals surface area (Å²) in [5, 5.41) is 30.9. The van der Waals surface area contributed by atoms with Gasteiger partial charge in [0.25, 0.3) is 0 Å². The van der Waals surface area contributed by atoms with Crippen LogP contribution in [0.2, 0.25) is 0 Å². The highest BCUT2D eigenvalue weighted by Crippen LogP contribution is 2.62. The number of carbonyl (C=O) groups is 3. The van der Waals surface area contributed by atoms with Crippen LogP contribution in [0.15, 0.2) is 0 Å². The van der Waals surface area contributed by atoms with Gasteiger partial charge in [-0.25, -0.2) is 4.79 Å². The van der Waals surface area contributed by atoms with Gasteiger partial charge in [-0.2, -0.15) is 0 Å². The Balaban J connectivity index is 0.00000242. The van der Waals surface area contributed by atoms with Crippen LogP contribution in [-0.4, -0.2) is 50.9 Å². The Morgan fingerprint density at radius 3 is 2.18 bits per heavy atom. The molecule has 0 aromatic carbocycles. The molecule has 0 aromatic heterocycles. The summed E-state index contributed by atoms with van der Waals surface area (Å²) in [6.07, 6.45) is -1.25. The maximum Gasteiger partial charge on any atom is 0.329 e. The first kappa shape index (κ1) is 18.7. The van der Waals surface area contributed by atoms with E-state index in [4.69, 9.17) is 10.8 Å². The molecular weight excluding hydrogens is 316 g/mol. The number of fused-ring (bicyclic) bond motifs is 1. The van der Waals surface area contributed by atoms with E-state index in [9.17, 15) is 24.6 Å². The molecule has 2 aliphatic rings. The van der Waals surface area contributed by atoms with Crippen molar-refractivity contribution in [3.8, 4) is 0 Å². The maximum absolute atomic E-state index is 12.1. The number of amides is 1. The molecule has 0 saturated heterocycles. The number of carboxylic acids is 2. The van der Waals surface area contributed by atoms with Gasteiger partial charge in [0.2, 0.25) is 5.91 Å². The number of carbonyl (C=O) groups excluding carboxylic acids is 1. The molecule has 2 aliphatic carbocycles. The zero-order chi connectivity index (χ0) is 16.1. The molecule has 2 fully saturated rings. The molecule has 0 spiro atoms. The van der Waals surface area contributed by atoms with Gasteiger partial charge < -0.3 is 26.4 Å². The first-order valence-corrected chi connectivity index (χ1v) is 6.85. The number of hydrogen-bond donors (Lipinski definition) is 5. The van der Waals surface area contributed by atoms with Gasteiger partial charge in [0.15, 0.2) is 0 Å². The quantitative estimate of drug-likeness (QED) is 0.434. The van der Waals surface area contributed by atoms with E-state index >= 15 is 0 Å². The molecule has 0 unspecified atom stereocenters. The SMILES string of the molecule is CC(C)[C@H](N)C(=O)N[C@@]1(C(=O)O)C[C@H](O)[C@H]2[C@H](C(=O)O)[C@H]21.Cl. The van der Waals surface area contributed by atoms with Gasteiger partial charge in [-0.3, -0.25) is 9.59 Å². The fraction of sp³-hybridized carbons (Fsp3) is 0.769. The van der Waals surface area contributed by atoms with Crippen molar-refractivity contribution in [2.24, 2.45) is 29.4 Å². The lowest BCUT2D eigenvalue weighted by Crippen LogP contribution is -2.60. The second-order valence-electron chi connectivity index (χ2n) is 6.27. The van der Waals surface area contributed by atoms with E-state index in [2.05, 4.69) is 5.32 Å². The molecule has 126 valence electrons. The molecule has 22 heavy (non-hydrogen) atoms. The summed E-state index contributed by atoms with van der Waals surface area (Å²) in [6.45, 7) is 3.45. The Labute approximate surface area is 133 Å². The minimum absolute atomic E-state index is 0. The summed E-state index contributed by atoms with van der Waals surface area (Å²) in [5.41, 5.74) is 3.95. The molecule has 8 nitrogen and oxygen atoms in total. The van der Waals surface area contributed by atoms with Crippen molar-refractivity contribution in [2.75, 3.05) is 0 Å². The normalized spacial score (nSPS) is 37.0. The lowest BCUT2D eigenvalue weighted by atomic mass is 9.88.